The van der Waals surface area contributed by atoms with Crippen molar-refractivity contribution in [3.05, 3.63) is 12.4 Å². The molecule has 0 fully saturated rings. The van der Waals surface area contributed by atoms with Crippen LogP contribution in [0.2, 0.25) is 0 Å². The van der Waals surface area contributed by atoms with Crippen LogP contribution in [0.25, 0.3) is 0 Å². The summed E-state index contributed by atoms with van der Waals surface area (Å²) in [6.07, 6.45) is 24.6. The Kier molecular flexibility index (Phi) is 17.0. The summed E-state index contributed by atoms with van der Waals surface area (Å²) in [5.41, 5.74) is 0. The van der Waals surface area contributed by atoms with Crippen LogP contribution in [0.4, 0.5) is 0 Å². The first-order valence-corrected chi connectivity index (χ1v) is 9.95. The average molecular weight is 436 g/mol. The number of hydrogen-bond acceptors (Lipinski definition) is 2. The van der Waals surface area contributed by atoms with E-state index in [1.165, 1.54) is 96.4 Å². The third-order valence-electron chi connectivity index (χ3n) is 4.74. The van der Waals surface area contributed by atoms with Crippen molar-refractivity contribution in [3.8, 4) is 0 Å². The summed E-state index contributed by atoms with van der Waals surface area (Å²) >= 11 is 0. The molecule has 0 spiro atoms. The zero-order chi connectivity index (χ0) is 15.9. The Morgan fingerprint density at radius 3 is 1.48 bits per heavy atom. The largest absolute Gasteiger partial charge is 0.362 e. The van der Waals surface area contributed by atoms with Crippen LogP contribution in [0.15, 0.2) is 12.4 Å². The molecule has 3 heteroatoms. The highest BCUT2D eigenvalue weighted by atomic mass is 127. The normalized spacial score (nSPS) is 13.7. The highest BCUT2D eigenvalue weighted by Crippen LogP contribution is 2.13. The molecule has 138 valence electrons. The Hall–Kier alpha value is 0.0700. The van der Waals surface area contributed by atoms with Crippen molar-refractivity contribution in [2.75, 3.05) is 20.3 Å². The van der Waals surface area contributed by atoms with Gasteiger partial charge < -0.3 is 9.80 Å². The van der Waals surface area contributed by atoms with Crippen molar-refractivity contribution < 1.29 is 0 Å². The van der Waals surface area contributed by atoms with Crippen molar-refractivity contribution >= 4 is 24.0 Å². The quantitative estimate of drug-likeness (QED) is 0.207. The molecule has 1 aliphatic heterocycles. The van der Waals surface area contributed by atoms with Crippen LogP contribution in [0.3, 0.4) is 0 Å². The van der Waals surface area contributed by atoms with E-state index in [9.17, 15) is 0 Å². The molecule has 0 saturated carbocycles. The number of unbranched alkanes of at least 4 members (excludes halogenated alkanes) is 13. The summed E-state index contributed by atoms with van der Waals surface area (Å²) in [5.74, 6) is 0. The van der Waals surface area contributed by atoms with Gasteiger partial charge in [0.2, 0.25) is 0 Å². The predicted octanol–water partition coefficient (Wildman–Crippen LogP) is 6.76. The van der Waals surface area contributed by atoms with E-state index in [1.807, 2.05) is 0 Å². The van der Waals surface area contributed by atoms with Crippen LogP contribution in [-0.2, 0) is 0 Å². The Bertz CT molecular complexity index is 268. The van der Waals surface area contributed by atoms with E-state index >= 15 is 0 Å². The maximum atomic E-state index is 2.42. The van der Waals surface area contributed by atoms with Crippen molar-refractivity contribution in [2.24, 2.45) is 0 Å². The van der Waals surface area contributed by atoms with E-state index < -0.39 is 0 Å². The molecule has 0 unspecified atom stereocenters. The lowest BCUT2D eigenvalue weighted by Crippen LogP contribution is -2.23. The molecule has 0 saturated heterocycles. The van der Waals surface area contributed by atoms with Crippen molar-refractivity contribution in [1.82, 2.24) is 9.80 Å². The summed E-state index contributed by atoms with van der Waals surface area (Å²) < 4.78 is 0. The Morgan fingerprint density at radius 1 is 0.652 bits per heavy atom. The molecule has 1 aliphatic rings. The van der Waals surface area contributed by atoms with Gasteiger partial charge in [-0.05, 0) is 6.42 Å². The number of hydrogen-bond donors (Lipinski definition) is 0. The molecule has 1 heterocycles. The van der Waals surface area contributed by atoms with Gasteiger partial charge in [-0.15, -0.1) is 24.0 Å². The van der Waals surface area contributed by atoms with Crippen molar-refractivity contribution in [3.63, 3.8) is 0 Å². The molecule has 0 aromatic heterocycles. The average Bonchev–Trinajstić information content (AvgIpc) is 2.93. The highest BCUT2D eigenvalue weighted by molar-refractivity contribution is 14.0. The summed E-state index contributed by atoms with van der Waals surface area (Å²) in [6, 6.07) is 0. The van der Waals surface area contributed by atoms with Gasteiger partial charge in [0, 0.05) is 26.0 Å². The van der Waals surface area contributed by atoms with Crippen molar-refractivity contribution in [2.45, 2.75) is 96.8 Å². The van der Waals surface area contributed by atoms with Crippen LogP contribution in [0.1, 0.15) is 96.8 Å². The van der Waals surface area contributed by atoms with Crippen LogP contribution >= 0.6 is 24.0 Å². The number of rotatable bonds is 15. The van der Waals surface area contributed by atoms with E-state index in [-0.39, 0.29) is 24.0 Å². The topological polar surface area (TPSA) is 6.48 Å². The van der Waals surface area contributed by atoms with E-state index in [0.29, 0.717) is 0 Å². The van der Waals surface area contributed by atoms with Gasteiger partial charge in [0.15, 0.2) is 0 Å². The van der Waals surface area contributed by atoms with E-state index in [4.69, 9.17) is 0 Å². The fourth-order valence-corrected chi connectivity index (χ4v) is 3.24. The van der Waals surface area contributed by atoms with Gasteiger partial charge in [-0.1, -0.05) is 90.4 Å². The van der Waals surface area contributed by atoms with Crippen molar-refractivity contribution in [1.29, 1.82) is 0 Å². The molecule has 2 nitrogen and oxygen atoms in total. The van der Waals surface area contributed by atoms with Crippen LogP contribution in [0, 0.1) is 0 Å². The molecule has 0 aliphatic carbocycles. The molecule has 0 bridgehead atoms. The molecule has 0 amide bonds. The first-order valence-electron chi connectivity index (χ1n) is 9.95. The highest BCUT2D eigenvalue weighted by Gasteiger charge is 2.06. The van der Waals surface area contributed by atoms with Crippen LogP contribution < -0.4 is 0 Å². The summed E-state index contributed by atoms with van der Waals surface area (Å²) in [4.78, 5) is 4.66. The molecule has 0 atom stereocenters. The SMILES string of the molecule is CCCCCCCCCCCCCCCCN1C=CN(C)C1.I. The van der Waals surface area contributed by atoms with Gasteiger partial charge in [0.25, 0.3) is 0 Å². The minimum atomic E-state index is 0. The van der Waals surface area contributed by atoms with E-state index in [0.717, 1.165) is 6.67 Å². The zero-order valence-electron chi connectivity index (χ0n) is 15.8. The third-order valence-corrected chi connectivity index (χ3v) is 4.74. The molecular formula is C20H41IN2. The predicted molar refractivity (Wildman–Crippen MR) is 114 cm³/mol. The van der Waals surface area contributed by atoms with E-state index in [1.54, 1.807) is 0 Å². The van der Waals surface area contributed by atoms with Gasteiger partial charge >= 0.3 is 0 Å². The summed E-state index contributed by atoms with van der Waals surface area (Å²) in [5, 5.41) is 0. The maximum absolute atomic E-state index is 2.42. The number of nitrogens with zero attached hydrogens (tertiary/aromatic N) is 2. The Labute approximate surface area is 163 Å². The lowest BCUT2D eigenvalue weighted by molar-refractivity contribution is 0.290. The molecule has 0 aromatic rings. The maximum Gasteiger partial charge on any atom is 0.0890 e. The first kappa shape index (κ1) is 23.1. The monoisotopic (exact) mass is 436 g/mol. The van der Waals surface area contributed by atoms with Gasteiger partial charge in [0.05, 0.1) is 6.67 Å². The van der Waals surface area contributed by atoms with Crippen LogP contribution in [0.5, 0.6) is 0 Å². The molecule has 23 heavy (non-hydrogen) atoms. The first-order chi connectivity index (χ1) is 10.8. The van der Waals surface area contributed by atoms with Gasteiger partial charge in [-0.3, -0.25) is 0 Å². The second kappa shape index (κ2) is 16.9. The summed E-state index contributed by atoms with van der Waals surface area (Å²) in [7, 11) is 2.14. The van der Waals surface area contributed by atoms with Crippen LogP contribution in [-0.4, -0.2) is 30.1 Å². The number of halogens is 1. The Balaban J connectivity index is 0.00000484. The Morgan fingerprint density at radius 2 is 1.09 bits per heavy atom. The minimum Gasteiger partial charge on any atom is -0.362 e. The smallest absolute Gasteiger partial charge is 0.0890 e. The third kappa shape index (κ3) is 14.1. The molecule has 0 aromatic carbocycles. The fourth-order valence-electron chi connectivity index (χ4n) is 3.24. The molecule has 0 N–H and O–H groups in total. The second-order valence-corrected chi connectivity index (χ2v) is 7.11. The molecular weight excluding hydrogens is 395 g/mol. The fraction of sp³-hybridized carbons (Fsp3) is 0.900. The summed E-state index contributed by atoms with van der Waals surface area (Å²) in [6.45, 7) is 4.61. The van der Waals surface area contributed by atoms with Gasteiger partial charge in [-0.2, -0.15) is 0 Å². The second-order valence-electron chi connectivity index (χ2n) is 7.11. The standard InChI is InChI=1S/C20H40N2.HI/c1-3-4-5-6-7-8-9-10-11-12-13-14-15-16-17-22-19-18-21(2)20-22;/h18-19H,3-17,20H2,1-2H3;1H. The van der Waals surface area contributed by atoms with E-state index in [2.05, 4.69) is 36.2 Å². The lowest BCUT2D eigenvalue weighted by atomic mass is 10.0. The minimum absolute atomic E-state index is 0. The van der Waals surface area contributed by atoms with Gasteiger partial charge in [-0.25, -0.2) is 0 Å². The zero-order valence-corrected chi connectivity index (χ0v) is 18.1. The lowest BCUT2D eigenvalue weighted by Gasteiger charge is -2.17. The molecule has 0 radical (unpaired) electrons. The molecule has 1 rings (SSSR count). The van der Waals surface area contributed by atoms with Gasteiger partial charge in [0.1, 0.15) is 0 Å².